The normalized spacial score (nSPS) is 10.9. The minimum absolute atomic E-state index is 0.0137. The van der Waals surface area contributed by atoms with Crippen LogP contribution in [0.3, 0.4) is 0 Å². The van der Waals surface area contributed by atoms with Gasteiger partial charge in [0.1, 0.15) is 0 Å². The van der Waals surface area contributed by atoms with Gasteiger partial charge in [-0.15, -0.1) is 16.8 Å². The molecule has 0 bridgehead atoms. The Bertz CT molecular complexity index is 1070. The van der Waals surface area contributed by atoms with Gasteiger partial charge in [0.15, 0.2) is 11.0 Å². The van der Waals surface area contributed by atoms with Gasteiger partial charge in [-0.3, -0.25) is 4.79 Å². The van der Waals surface area contributed by atoms with Crippen LogP contribution in [-0.2, 0) is 17.9 Å². The molecule has 0 aliphatic carbocycles. The number of carbonyl (C=O) groups excluding carboxylic acids is 1. The number of nitrogens with zero attached hydrogens (tertiary/aromatic N) is 4. The van der Waals surface area contributed by atoms with Crippen LogP contribution in [0.4, 0.5) is 11.4 Å². The molecule has 1 heterocycles. The highest BCUT2D eigenvalue weighted by atomic mass is 35.5. The van der Waals surface area contributed by atoms with Crippen LogP contribution in [0, 0.1) is 0 Å². The van der Waals surface area contributed by atoms with Crippen molar-refractivity contribution in [1.29, 1.82) is 0 Å². The number of para-hydroxylation sites is 1. The Morgan fingerprint density at radius 1 is 1.19 bits per heavy atom. The predicted molar refractivity (Wildman–Crippen MR) is 134 cm³/mol. The topological polar surface area (TPSA) is 63.1 Å². The Hall–Kier alpha value is -2.48. The summed E-state index contributed by atoms with van der Waals surface area (Å²) in [5.74, 6) is 0.997. The van der Waals surface area contributed by atoms with Crippen molar-refractivity contribution in [2.45, 2.75) is 38.1 Å². The Balaban J connectivity index is 1.69. The summed E-state index contributed by atoms with van der Waals surface area (Å²) in [5.41, 5.74) is 1.71. The zero-order valence-corrected chi connectivity index (χ0v) is 20.3. The van der Waals surface area contributed by atoms with Crippen LogP contribution in [0.5, 0.6) is 0 Å². The van der Waals surface area contributed by atoms with Gasteiger partial charge in [0, 0.05) is 24.0 Å². The molecule has 0 saturated carbocycles. The van der Waals surface area contributed by atoms with E-state index in [2.05, 4.69) is 22.1 Å². The Morgan fingerprint density at radius 3 is 2.59 bits per heavy atom. The lowest BCUT2D eigenvalue weighted by Gasteiger charge is -2.26. The van der Waals surface area contributed by atoms with Crippen molar-refractivity contribution < 1.29 is 4.79 Å². The van der Waals surface area contributed by atoms with Gasteiger partial charge in [0.2, 0.25) is 5.91 Å². The smallest absolute Gasteiger partial charge is 0.237 e. The minimum Gasteiger partial charge on any atom is -0.378 e. The monoisotopic (exact) mass is 489 g/mol. The number of anilines is 2. The lowest BCUT2D eigenvalue weighted by Crippen LogP contribution is -2.38. The third kappa shape index (κ3) is 6.06. The highest BCUT2D eigenvalue weighted by Gasteiger charge is 2.21. The van der Waals surface area contributed by atoms with E-state index in [9.17, 15) is 4.79 Å². The van der Waals surface area contributed by atoms with Gasteiger partial charge >= 0.3 is 0 Å². The number of amides is 1. The third-order valence-electron chi connectivity index (χ3n) is 4.62. The molecule has 3 rings (SSSR count). The van der Waals surface area contributed by atoms with E-state index in [0.717, 1.165) is 17.2 Å². The van der Waals surface area contributed by atoms with Gasteiger partial charge in [0.25, 0.3) is 0 Å². The quantitative estimate of drug-likeness (QED) is 0.283. The second kappa shape index (κ2) is 11.4. The van der Waals surface area contributed by atoms with Crippen LogP contribution in [0.2, 0.25) is 10.0 Å². The molecule has 0 aliphatic heterocycles. The average Bonchev–Trinajstić information content (AvgIpc) is 3.15. The zero-order valence-electron chi connectivity index (χ0n) is 18.0. The van der Waals surface area contributed by atoms with Gasteiger partial charge in [0.05, 0.1) is 22.3 Å². The van der Waals surface area contributed by atoms with Crippen molar-refractivity contribution in [3.8, 4) is 0 Å². The maximum Gasteiger partial charge on any atom is 0.237 e. The SMILES string of the molecule is C=CCn1c(CNc2ccc(Cl)c(Cl)c2)nnc1SCC(=O)N(c1ccccc1)C(C)C. The van der Waals surface area contributed by atoms with Gasteiger partial charge in [-0.25, -0.2) is 0 Å². The van der Waals surface area contributed by atoms with Crippen molar-refractivity contribution in [1.82, 2.24) is 14.8 Å². The molecule has 3 aromatic rings. The molecule has 168 valence electrons. The van der Waals surface area contributed by atoms with Crippen LogP contribution < -0.4 is 10.2 Å². The zero-order chi connectivity index (χ0) is 23.1. The van der Waals surface area contributed by atoms with E-state index in [1.54, 1.807) is 23.1 Å². The predicted octanol–water partition coefficient (Wildman–Crippen LogP) is 5.92. The van der Waals surface area contributed by atoms with Crippen LogP contribution in [0.1, 0.15) is 19.7 Å². The number of benzene rings is 2. The summed E-state index contributed by atoms with van der Waals surface area (Å²) in [4.78, 5) is 14.8. The van der Waals surface area contributed by atoms with Crippen molar-refractivity contribution in [2.24, 2.45) is 0 Å². The summed E-state index contributed by atoms with van der Waals surface area (Å²) >= 11 is 13.4. The molecule has 1 N–H and O–H groups in total. The van der Waals surface area contributed by atoms with E-state index in [4.69, 9.17) is 23.2 Å². The summed E-state index contributed by atoms with van der Waals surface area (Å²) in [7, 11) is 0. The van der Waals surface area contributed by atoms with Gasteiger partial charge in [-0.1, -0.05) is 59.2 Å². The number of nitrogens with one attached hydrogen (secondary N) is 1. The second-order valence-electron chi connectivity index (χ2n) is 7.26. The fourth-order valence-electron chi connectivity index (χ4n) is 3.17. The number of thioether (sulfide) groups is 1. The summed E-state index contributed by atoms with van der Waals surface area (Å²) in [6, 6.07) is 15.1. The van der Waals surface area contributed by atoms with Crippen LogP contribution in [0.15, 0.2) is 66.3 Å². The Kier molecular flexibility index (Phi) is 8.61. The maximum atomic E-state index is 13.0. The molecule has 1 aromatic heterocycles. The number of hydrogen-bond donors (Lipinski definition) is 1. The highest BCUT2D eigenvalue weighted by Crippen LogP contribution is 2.26. The molecule has 0 radical (unpaired) electrons. The molecule has 0 fully saturated rings. The van der Waals surface area contributed by atoms with E-state index in [-0.39, 0.29) is 17.7 Å². The fourth-order valence-corrected chi connectivity index (χ4v) is 4.29. The Morgan fingerprint density at radius 2 is 1.94 bits per heavy atom. The van der Waals surface area contributed by atoms with Crippen molar-refractivity contribution in [2.75, 3.05) is 16.0 Å². The number of halogens is 2. The first-order chi connectivity index (χ1) is 15.4. The van der Waals surface area contributed by atoms with E-state index in [0.29, 0.717) is 28.3 Å². The number of carbonyl (C=O) groups is 1. The number of aromatic nitrogens is 3. The molecule has 6 nitrogen and oxygen atoms in total. The summed E-state index contributed by atoms with van der Waals surface area (Å²) in [5, 5.41) is 13.5. The molecule has 9 heteroatoms. The number of hydrogen-bond acceptors (Lipinski definition) is 5. The van der Waals surface area contributed by atoms with Crippen LogP contribution in [-0.4, -0.2) is 32.5 Å². The summed E-state index contributed by atoms with van der Waals surface area (Å²) in [6.07, 6.45) is 1.78. The molecule has 0 spiro atoms. The molecule has 1 amide bonds. The van der Waals surface area contributed by atoms with Gasteiger partial charge < -0.3 is 14.8 Å². The first-order valence-electron chi connectivity index (χ1n) is 10.1. The van der Waals surface area contributed by atoms with E-state index < -0.39 is 0 Å². The van der Waals surface area contributed by atoms with Crippen molar-refractivity contribution in [3.05, 3.63) is 77.1 Å². The van der Waals surface area contributed by atoms with E-state index in [1.807, 2.05) is 54.8 Å². The van der Waals surface area contributed by atoms with E-state index in [1.165, 1.54) is 11.8 Å². The molecular formula is C23H25Cl2N5OS. The number of allylic oxidation sites excluding steroid dienone is 1. The number of rotatable bonds is 10. The largest absolute Gasteiger partial charge is 0.378 e. The maximum absolute atomic E-state index is 13.0. The van der Waals surface area contributed by atoms with Gasteiger partial charge in [-0.2, -0.15) is 0 Å². The van der Waals surface area contributed by atoms with Gasteiger partial charge in [-0.05, 0) is 44.2 Å². The van der Waals surface area contributed by atoms with E-state index >= 15 is 0 Å². The lowest BCUT2D eigenvalue weighted by molar-refractivity contribution is -0.116. The minimum atomic E-state index is 0.0137. The van der Waals surface area contributed by atoms with Crippen molar-refractivity contribution >= 4 is 52.2 Å². The fraction of sp³-hybridized carbons (Fsp3) is 0.261. The molecular weight excluding hydrogens is 465 g/mol. The molecule has 0 atom stereocenters. The molecule has 32 heavy (non-hydrogen) atoms. The van der Waals surface area contributed by atoms with Crippen molar-refractivity contribution in [3.63, 3.8) is 0 Å². The third-order valence-corrected chi connectivity index (χ3v) is 6.31. The average molecular weight is 490 g/mol. The lowest BCUT2D eigenvalue weighted by atomic mass is 10.2. The van der Waals surface area contributed by atoms with Crippen LogP contribution >= 0.6 is 35.0 Å². The standard InChI is InChI=1S/C23H25Cl2N5OS/c1-4-12-29-21(14-26-17-10-11-19(24)20(25)13-17)27-28-23(29)32-15-22(31)30(16(2)3)18-8-6-5-7-9-18/h4-11,13,16,26H,1,12,14-15H2,2-3H3. The highest BCUT2D eigenvalue weighted by molar-refractivity contribution is 7.99. The molecule has 0 saturated heterocycles. The summed E-state index contributed by atoms with van der Waals surface area (Å²) < 4.78 is 1.94. The molecule has 0 aliphatic rings. The first-order valence-corrected chi connectivity index (χ1v) is 11.9. The second-order valence-corrected chi connectivity index (χ2v) is 9.02. The molecule has 0 unspecified atom stereocenters. The molecule has 2 aromatic carbocycles. The van der Waals surface area contributed by atoms with Crippen LogP contribution in [0.25, 0.3) is 0 Å². The first kappa shape index (κ1) is 24.2. The summed E-state index contributed by atoms with van der Waals surface area (Å²) in [6.45, 7) is 8.81. The Labute approximate surface area is 202 Å².